The lowest BCUT2D eigenvalue weighted by atomic mass is 10.0. The Morgan fingerprint density at radius 3 is 2.38 bits per heavy atom. The largest absolute Gasteiger partial charge is 0.508 e. The smallest absolute Gasteiger partial charge is 0.263 e. The summed E-state index contributed by atoms with van der Waals surface area (Å²) in [6.07, 6.45) is 1.82. The van der Waals surface area contributed by atoms with E-state index in [1.54, 1.807) is 23.1 Å². The number of hydrogen-bond acceptors (Lipinski definition) is 2. The molecule has 0 saturated carbocycles. The van der Waals surface area contributed by atoms with Crippen LogP contribution in [0.15, 0.2) is 78.9 Å². The molecule has 0 spiro atoms. The molecule has 0 atom stereocenters. The van der Waals surface area contributed by atoms with Crippen LogP contribution in [0.2, 0.25) is 0 Å². The lowest BCUT2D eigenvalue weighted by Gasteiger charge is -2.16. The molecule has 24 heavy (non-hydrogen) atoms. The Kier molecular flexibility index (Phi) is 3.39. The summed E-state index contributed by atoms with van der Waals surface area (Å²) in [5.74, 6) is 0.119. The van der Waals surface area contributed by atoms with Gasteiger partial charge < -0.3 is 5.11 Å². The Bertz CT molecular complexity index is 945. The van der Waals surface area contributed by atoms with Gasteiger partial charge in [-0.1, -0.05) is 48.5 Å². The molecule has 0 fully saturated rings. The number of fused-ring (bicyclic) bond motifs is 1. The number of hydrogen-bond donors (Lipinski definition) is 1. The fourth-order valence-corrected chi connectivity index (χ4v) is 3.00. The first-order chi connectivity index (χ1) is 11.7. The molecule has 0 aliphatic carbocycles. The molecule has 116 valence electrons. The molecule has 3 aromatic rings. The molecule has 4 rings (SSSR count). The predicted molar refractivity (Wildman–Crippen MR) is 96.0 cm³/mol. The van der Waals surface area contributed by atoms with E-state index < -0.39 is 0 Å². The molecule has 0 unspecified atom stereocenters. The van der Waals surface area contributed by atoms with Crippen molar-refractivity contribution in [2.75, 3.05) is 4.90 Å². The van der Waals surface area contributed by atoms with Gasteiger partial charge in [-0.25, -0.2) is 0 Å². The average Bonchev–Trinajstić information content (AvgIpc) is 2.88. The van der Waals surface area contributed by atoms with Crippen molar-refractivity contribution in [3.05, 3.63) is 90.0 Å². The lowest BCUT2D eigenvalue weighted by Crippen LogP contribution is -2.20. The molecular weight excluding hydrogens is 298 g/mol. The van der Waals surface area contributed by atoms with Gasteiger partial charge in [0.05, 0.1) is 11.3 Å². The minimum Gasteiger partial charge on any atom is -0.508 e. The van der Waals surface area contributed by atoms with E-state index in [0.29, 0.717) is 5.57 Å². The highest BCUT2D eigenvalue weighted by Crippen LogP contribution is 2.42. The van der Waals surface area contributed by atoms with Crippen LogP contribution in [0, 0.1) is 0 Å². The summed E-state index contributed by atoms with van der Waals surface area (Å²) < 4.78 is 0. The standard InChI is InChI=1S/C21H15NO2/c23-17-10-6-7-15(13-17)14-19-18-11-4-5-12-20(18)22(21(19)24)16-8-2-1-3-9-16/h1-14,23H. The second-order valence-electron chi connectivity index (χ2n) is 5.65. The van der Waals surface area contributed by atoms with Crippen molar-refractivity contribution in [3.8, 4) is 5.75 Å². The number of carbonyl (C=O) groups excluding carboxylic acids is 1. The third-order valence-corrected chi connectivity index (χ3v) is 4.06. The number of carbonyl (C=O) groups is 1. The van der Waals surface area contributed by atoms with Crippen molar-refractivity contribution < 1.29 is 9.90 Å². The first-order valence-electron chi connectivity index (χ1n) is 7.74. The summed E-state index contributed by atoms with van der Waals surface area (Å²) >= 11 is 0. The van der Waals surface area contributed by atoms with Gasteiger partial charge in [0, 0.05) is 11.3 Å². The van der Waals surface area contributed by atoms with E-state index in [4.69, 9.17) is 0 Å². The topological polar surface area (TPSA) is 40.5 Å². The second-order valence-corrected chi connectivity index (χ2v) is 5.65. The van der Waals surface area contributed by atoms with Crippen molar-refractivity contribution >= 4 is 28.9 Å². The van der Waals surface area contributed by atoms with Crippen molar-refractivity contribution in [3.63, 3.8) is 0 Å². The molecule has 1 heterocycles. The van der Waals surface area contributed by atoms with Crippen LogP contribution < -0.4 is 4.90 Å². The Morgan fingerprint density at radius 2 is 1.58 bits per heavy atom. The van der Waals surface area contributed by atoms with E-state index in [2.05, 4.69) is 0 Å². The Labute approximate surface area is 140 Å². The van der Waals surface area contributed by atoms with Crippen LogP contribution in [-0.4, -0.2) is 11.0 Å². The number of amides is 1. The van der Waals surface area contributed by atoms with E-state index in [1.165, 1.54) is 0 Å². The van der Waals surface area contributed by atoms with Crippen molar-refractivity contribution in [2.45, 2.75) is 0 Å². The molecule has 3 heteroatoms. The van der Waals surface area contributed by atoms with Gasteiger partial charge in [0.1, 0.15) is 5.75 Å². The summed E-state index contributed by atoms with van der Waals surface area (Å²) in [4.78, 5) is 14.8. The Balaban J connectivity index is 1.87. The van der Waals surface area contributed by atoms with Crippen molar-refractivity contribution in [1.29, 1.82) is 0 Å². The van der Waals surface area contributed by atoms with Gasteiger partial charge >= 0.3 is 0 Å². The molecule has 0 saturated heterocycles. The fraction of sp³-hybridized carbons (Fsp3) is 0. The van der Waals surface area contributed by atoms with Gasteiger partial charge in [-0.05, 0) is 42.0 Å². The molecule has 1 N–H and O–H groups in total. The monoisotopic (exact) mass is 313 g/mol. The summed E-state index contributed by atoms with van der Waals surface area (Å²) in [6.45, 7) is 0. The van der Waals surface area contributed by atoms with E-state index in [9.17, 15) is 9.90 Å². The molecule has 1 aliphatic rings. The lowest BCUT2D eigenvalue weighted by molar-refractivity contribution is -0.112. The number of para-hydroxylation sites is 2. The molecule has 0 radical (unpaired) electrons. The third-order valence-electron chi connectivity index (χ3n) is 4.06. The number of phenols is 1. The zero-order valence-electron chi connectivity index (χ0n) is 12.9. The van der Waals surface area contributed by atoms with Crippen LogP contribution >= 0.6 is 0 Å². The number of phenolic OH excluding ortho intramolecular Hbond substituents is 1. The highest BCUT2D eigenvalue weighted by Gasteiger charge is 2.32. The third kappa shape index (κ3) is 2.36. The summed E-state index contributed by atoms with van der Waals surface area (Å²) in [5.41, 5.74) is 4.03. The Morgan fingerprint density at radius 1 is 0.833 bits per heavy atom. The van der Waals surface area contributed by atoms with Crippen LogP contribution in [0.1, 0.15) is 11.1 Å². The van der Waals surface area contributed by atoms with Gasteiger partial charge in [0.15, 0.2) is 0 Å². The van der Waals surface area contributed by atoms with Gasteiger partial charge in [0.25, 0.3) is 5.91 Å². The van der Waals surface area contributed by atoms with Gasteiger partial charge in [-0.2, -0.15) is 0 Å². The van der Waals surface area contributed by atoms with Crippen LogP contribution in [0.25, 0.3) is 11.6 Å². The van der Waals surface area contributed by atoms with E-state index in [-0.39, 0.29) is 11.7 Å². The SMILES string of the molecule is O=C1C(=Cc2cccc(O)c2)c2ccccc2N1c1ccccc1. The highest BCUT2D eigenvalue weighted by molar-refractivity contribution is 6.37. The van der Waals surface area contributed by atoms with E-state index in [0.717, 1.165) is 22.5 Å². The van der Waals surface area contributed by atoms with Crippen molar-refractivity contribution in [1.82, 2.24) is 0 Å². The van der Waals surface area contributed by atoms with E-state index in [1.807, 2.05) is 66.7 Å². The number of anilines is 2. The Hall–Kier alpha value is -3.33. The number of benzene rings is 3. The van der Waals surface area contributed by atoms with Gasteiger partial charge in [-0.15, -0.1) is 0 Å². The zero-order chi connectivity index (χ0) is 16.5. The molecule has 1 amide bonds. The maximum absolute atomic E-state index is 13.0. The summed E-state index contributed by atoms with van der Waals surface area (Å²) in [6, 6.07) is 24.3. The normalized spacial score (nSPS) is 14.9. The first-order valence-corrected chi connectivity index (χ1v) is 7.74. The van der Waals surface area contributed by atoms with Crippen LogP contribution in [0.5, 0.6) is 5.75 Å². The van der Waals surface area contributed by atoms with Crippen LogP contribution in [0.3, 0.4) is 0 Å². The number of rotatable bonds is 2. The minimum atomic E-state index is -0.0641. The molecule has 0 aromatic heterocycles. The highest BCUT2D eigenvalue weighted by atomic mass is 16.3. The second kappa shape index (κ2) is 5.70. The van der Waals surface area contributed by atoms with E-state index >= 15 is 0 Å². The summed E-state index contributed by atoms with van der Waals surface area (Å²) in [7, 11) is 0. The maximum atomic E-state index is 13.0. The maximum Gasteiger partial charge on any atom is 0.263 e. The van der Waals surface area contributed by atoms with Gasteiger partial charge in [0.2, 0.25) is 0 Å². The van der Waals surface area contributed by atoms with Crippen LogP contribution in [0.4, 0.5) is 11.4 Å². The average molecular weight is 313 g/mol. The number of aromatic hydroxyl groups is 1. The quantitative estimate of drug-likeness (QED) is 0.702. The predicted octanol–water partition coefficient (Wildman–Crippen LogP) is 4.61. The fourth-order valence-electron chi connectivity index (χ4n) is 3.00. The zero-order valence-corrected chi connectivity index (χ0v) is 12.9. The molecule has 1 aliphatic heterocycles. The first kappa shape index (κ1) is 14.3. The molecule has 3 nitrogen and oxygen atoms in total. The number of nitrogens with zero attached hydrogens (tertiary/aromatic N) is 1. The van der Waals surface area contributed by atoms with Crippen molar-refractivity contribution in [2.24, 2.45) is 0 Å². The molecule has 3 aromatic carbocycles. The molecular formula is C21H15NO2. The molecule has 0 bridgehead atoms. The summed E-state index contributed by atoms with van der Waals surface area (Å²) in [5, 5.41) is 9.65. The minimum absolute atomic E-state index is 0.0641. The van der Waals surface area contributed by atoms with Crippen LogP contribution in [-0.2, 0) is 4.79 Å². The van der Waals surface area contributed by atoms with Gasteiger partial charge in [-0.3, -0.25) is 9.69 Å².